The van der Waals surface area contributed by atoms with E-state index in [-0.39, 0.29) is 17.1 Å². The number of hydrogen-bond donors (Lipinski definition) is 1. The van der Waals surface area contributed by atoms with Crippen LogP contribution in [0.15, 0.2) is 12.3 Å². The minimum Gasteiger partial charge on any atom is -0.349 e. The molecule has 1 heterocycles. The molecule has 1 N–H and O–H groups in total. The quantitative estimate of drug-likeness (QED) is 0.848. The minimum absolute atomic E-state index is 0.186. The molecular weight excluding hydrogens is 247 g/mol. The van der Waals surface area contributed by atoms with Crippen molar-refractivity contribution < 1.29 is 4.79 Å². The predicted octanol–water partition coefficient (Wildman–Crippen LogP) is 2.92. The van der Waals surface area contributed by atoms with Gasteiger partial charge in [0.05, 0.1) is 10.6 Å². The maximum absolute atomic E-state index is 11.9. The van der Waals surface area contributed by atoms with Crippen molar-refractivity contribution in [1.82, 2.24) is 10.3 Å². The third-order valence-corrected chi connectivity index (χ3v) is 3.26. The van der Waals surface area contributed by atoms with Crippen LogP contribution in [0.5, 0.6) is 0 Å². The molecule has 0 radical (unpaired) electrons. The Morgan fingerprint density at radius 1 is 1.56 bits per heavy atom. The summed E-state index contributed by atoms with van der Waals surface area (Å²) in [7, 11) is 0. The van der Waals surface area contributed by atoms with Crippen LogP contribution in [-0.2, 0) is 0 Å². The van der Waals surface area contributed by atoms with Crippen LogP contribution >= 0.6 is 23.2 Å². The molecule has 0 bridgehead atoms. The number of pyridine rings is 1. The Hall–Kier alpha value is -0.800. The molecule has 1 atom stereocenters. The van der Waals surface area contributed by atoms with Crippen LogP contribution in [0.3, 0.4) is 0 Å². The summed E-state index contributed by atoms with van der Waals surface area (Å²) in [6.07, 6.45) is 3.76. The second-order valence-corrected chi connectivity index (χ2v) is 4.88. The van der Waals surface area contributed by atoms with E-state index in [9.17, 15) is 4.79 Å². The number of halogens is 2. The summed E-state index contributed by atoms with van der Waals surface area (Å²) in [6.45, 7) is 2.01. The van der Waals surface area contributed by atoms with Gasteiger partial charge in [0.15, 0.2) is 0 Å². The Balaban J connectivity index is 2.10. The monoisotopic (exact) mass is 258 g/mol. The highest BCUT2D eigenvalue weighted by Crippen LogP contribution is 2.32. The highest BCUT2D eigenvalue weighted by atomic mass is 35.5. The summed E-state index contributed by atoms with van der Waals surface area (Å²) in [5.41, 5.74) is 0.383. The van der Waals surface area contributed by atoms with Crippen LogP contribution in [0.2, 0.25) is 10.2 Å². The average molecular weight is 259 g/mol. The number of amides is 1. The van der Waals surface area contributed by atoms with Gasteiger partial charge in [0.2, 0.25) is 0 Å². The average Bonchev–Trinajstić information content (AvgIpc) is 3.04. The highest BCUT2D eigenvalue weighted by Gasteiger charge is 2.29. The Morgan fingerprint density at radius 2 is 2.25 bits per heavy atom. The third kappa shape index (κ3) is 2.66. The van der Waals surface area contributed by atoms with Crippen molar-refractivity contribution in [2.45, 2.75) is 25.8 Å². The first kappa shape index (κ1) is 11.7. The van der Waals surface area contributed by atoms with Gasteiger partial charge >= 0.3 is 0 Å². The van der Waals surface area contributed by atoms with Gasteiger partial charge in [-0.15, -0.1) is 0 Å². The van der Waals surface area contributed by atoms with Gasteiger partial charge in [-0.1, -0.05) is 23.2 Å². The topological polar surface area (TPSA) is 42.0 Å². The number of carbonyl (C=O) groups excluding carboxylic acids is 1. The molecule has 3 nitrogen and oxygen atoms in total. The van der Waals surface area contributed by atoms with E-state index in [0.29, 0.717) is 16.5 Å². The molecule has 1 unspecified atom stereocenters. The molecule has 1 fully saturated rings. The molecule has 1 saturated carbocycles. The van der Waals surface area contributed by atoms with Crippen molar-refractivity contribution in [3.05, 3.63) is 28.0 Å². The summed E-state index contributed by atoms with van der Waals surface area (Å²) in [5.74, 6) is 0.425. The summed E-state index contributed by atoms with van der Waals surface area (Å²) in [5, 5.41) is 3.51. The molecule has 1 aliphatic carbocycles. The highest BCUT2D eigenvalue weighted by molar-refractivity contribution is 6.35. The number of nitrogens with one attached hydrogen (secondary N) is 1. The fourth-order valence-corrected chi connectivity index (χ4v) is 1.93. The van der Waals surface area contributed by atoms with Crippen molar-refractivity contribution in [3.8, 4) is 0 Å². The number of aromatic nitrogens is 1. The first-order chi connectivity index (χ1) is 7.58. The van der Waals surface area contributed by atoms with Gasteiger partial charge in [-0.05, 0) is 31.7 Å². The number of nitrogens with zero attached hydrogens (tertiary/aromatic N) is 1. The van der Waals surface area contributed by atoms with Crippen LogP contribution < -0.4 is 5.32 Å². The molecule has 0 aromatic carbocycles. The SMILES string of the molecule is CC(NC(=O)c1cc(Cl)ncc1Cl)C1CC1. The van der Waals surface area contributed by atoms with Crippen molar-refractivity contribution in [3.63, 3.8) is 0 Å². The predicted molar refractivity (Wildman–Crippen MR) is 63.9 cm³/mol. The lowest BCUT2D eigenvalue weighted by molar-refractivity contribution is 0.0936. The molecule has 0 spiro atoms. The van der Waals surface area contributed by atoms with E-state index in [0.717, 1.165) is 0 Å². The van der Waals surface area contributed by atoms with Gasteiger partial charge in [0.25, 0.3) is 5.91 Å². The second kappa shape index (κ2) is 4.60. The Morgan fingerprint density at radius 3 is 2.88 bits per heavy atom. The Bertz CT molecular complexity index is 418. The van der Waals surface area contributed by atoms with Crippen LogP contribution in [0, 0.1) is 5.92 Å². The summed E-state index contributed by atoms with van der Waals surface area (Å²) < 4.78 is 0. The van der Waals surface area contributed by atoms with E-state index in [1.54, 1.807) is 0 Å². The van der Waals surface area contributed by atoms with E-state index in [1.165, 1.54) is 25.1 Å². The molecular formula is C11H12Cl2N2O. The van der Waals surface area contributed by atoms with Crippen LogP contribution in [0.1, 0.15) is 30.1 Å². The van der Waals surface area contributed by atoms with Gasteiger partial charge in [0, 0.05) is 12.2 Å². The third-order valence-electron chi connectivity index (χ3n) is 2.75. The van der Waals surface area contributed by atoms with Gasteiger partial charge in [0.1, 0.15) is 5.15 Å². The van der Waals surface area contributed by atoms with E-state index < -0.39 is 0 Å². The molecule has 1 aromatic rings. The summed E-state index contributed by atoms with van der Waals surface area (Å²) in [6, 6.07) is 1.68. The van der Waals surface area contributed by atoms with Crippen LogP contribution in [0.25, 0.3) is 0 Å². The van der Waals surface area contributed by atoms with Crippen molar-refractivity contribution in [1.29, 1.82) is 0 Å². The molecule has 1 aromatic heterocycles. The zero-order valence-electron chi connectivity index (χ0n) is 8.84. The number of carbonyl (C=O) groups is 1. The zero-order valence-corrected chi connectivity index (χ0v) is 10.3. The number of hydrogen-bond acceptors (Lipinski definition) is 2. The fourth-order valence-electron chi connectivity index (χ4n) is 1.59. The van der Waals surface area contributed by atoms with Crippen molar-refractivity contribution in [2.24, 2.45) is 5.92 Å². The maximum Gasteiger partial charge on any atom is 0.253 e. The van der Waals surface area contributed by atoms with Gasteiger partial charge in [-0.25, -0.2) is 4.98 Å². The van der Waals surface area contributed by atoms with E-state index in [1.807, 2.05) is 6.92 Å². The largest absolute Gasteiger partial charge is 0.349 e. The van der Waals surface area contributed by atoms with Gasteiger partial charge in [-0.3, -0.25) is 4.79 Å². The Labute approximate surface area is 104 Å². The van der Waals surface area contributed by atoms with Crippen LogP contribution in [-0.4, -0.2) is 16.9 Å². The van der Waals surface area contributed by atoms with Crippen LogP contribution in [0.4, 0.5) is 0 Å². The van der Waals surface area contributed by atoms with E-state index in [4.69, 9.17) is 23.2 Å². The standard InChI is InChI=1S/C11H12Cl2N2O/c1-6(7-2-3-7)15-11(16)8-4-10(13)14-5-9(8)12/h4-7H,2-3H2,1H3,(H,15,16). The molecule has 86 valence electrons. The molecule has 0 aliphatic heterocycles. The van der Waals surface area contributed by atoms with Gasteiger partial charge in [-0.2, -0.15) is 0 Å². The lowest BCUT2D eigenvalue weighted by Crippen LogP contribution is -2.34. The summed E-state index contributed by atoms with van der Waals surface area (Å²) in [4.78, 5) is 15.7. The Kier molecular flexibility index (Phi) is 3.36. The lowest BCUT2D eigenvalue weighted by Gasteiger charge is -2.13. The molecule has 5 heteroatoms. The first-order valence-electron chi connectivity index (χ1n) is 5.20. The molecule has 1 aliphatic rings. The van der Waals surface area contributed by atoms with E-state index >= 15 is 0 Å². The maximum atomic E-state index is 11.9. The minimum atomic E-state index is -0.186. The second-order valence-electron chi connectivity index (χ2n) is 4.09. The normalized spacial score (nSPS) is 16.9. The lowest BCUT2D eigenvalue weighted by atomic mass is 10.2. The smallest absolute Gasteiger partial charge is 0.253 e. The van der Waals surface area contributed by atoms with Crippen molar-refractivity contribution >= 4 is 29.1 Å². The number of rotatable bonds is 3. The molecule has 2 rings (SSSR count). The van der Waals surface area contributed by atoms with E-state index in [2.05, 4.69) is 10.3 Å². The summed E-state index contributed by atoms with van der Waals surface area (Å²) >= 11 is 11.6. The van der Waals surface area contributed by atoms with Crippen molar-refractivity contribution in [2.75, 3.05) is 0 Å². The molecule has 1 amide bonds. The fraction of sp³-hybridized carbons (Fsp3) is 0.455. The van der Waals surface area contributed by atoms with Gasteiger partial charge < -0.3 is 5.32 Å². The zero-order chi connectivity index (χ0) is 11.7. The molecule has 16 heavy (non-hydrogen) atoms. The molecule has 0 saturated heterocycles. The first-order valence-corrected chi connectivity index (χ1v) is 5.95.